The minimum absolute atomic E-state index is 0.415. The zero-order valence-electron chi connectivity index (χ0n) is 11.9. The van der Waals surface area contributed by atoms with Crippen LogP contribution in [0.25, 0.3) is 16.9 Å². The van der Waals surface area contributed by atoms with E-state index >= 15 is 0 Å². The maximum absolute atomic E-state index is 6.43. The molecule has 0 fully saturated rings. The van der Waals surface area contributed by atoms with Crippen molar-refractivity contribution in [1.29, 1.82) is 0 Å². The molecular weight excluding hydrogens is 332 g/mol. The minimum atomic E-state index is 0.415. The summed E-state index contributed by atoms with van der Waals surface area (Å²) in [5.74, 6) is 2.04. The van der Waals surface area contributed by atoms with Gasteiger partial charge in [-0.05, 0) is 17.7 Å². The van der Waals surface area contributed by atoms with E-state index in [9.17, 15) is 0 Å². The molecule has 0 aliphatic heterocycles. The van der Waals surface area contributed by atoms with Crippen LogP contribution in [0.1, 0.15) is 5.76 Å². The average Bonchev–Trinajstić information content (AvgIpc) is 3.24. The number of thioether (sulfide) groups is 1. The summed E-state index contributed by atoms with van der Waals surface area (Å²) in [6.07, 6.45) is 3.14. The second kappa shape index (κ2) is 6.06. The first-order chi connectivity index (χ1) is 11.3. The normalized spacial score (nSPS) is 11.2. The molecule has 0 bridgehead atoms. The molecule has 0 radical (unpaired) electrons. The maximum Gasteiger partial charge on any atom is 0.254 e. The molecule has 0 saturated heterocycles. The Morgan fingerprint density at radius 2 is 2.00 bits per heavy atom. The third-order valence-electron chi connectivity index (χ3n) is 3.33. The van der Waals surface area contributed by atoms with Crippen molar-refractivity contribution in [2.24, 2.45) is 0 Å². The van der Waals surface area contributed by atoms with Gasteiger partial charge in [-0.2, -0.15) is 19.6 Å². The van der Waals surface area contributed by atoms with E-state index in [0.717, 1.165) is 21.9 Å². The lowest BCUT2D eigenvalue weighted by Gasteiger charge is -2.11. The van der Waals surface area contributed by atoms with Crippen molar-refractivity contribution >= 4 is 29.1 Å². The third kappa shape index (κ3) is 2.71. The van der Waals surface area contributed by atoms with Gasteiger partial charge in [0.05, 0.1) is 17.6 Å². The fourth-order valence-electron chi connectivity index (χ4n) is 2.31. The molecule has 0 spiro atoms. The molecule has 0 amide bonds. The second-order valence-corrected chi connectivity index (χ2v) is 6.11. The SMILES string of the molecule is Clc1nc2ncnn2c(SCc2ccco2)c1-c1ccccc1. The summed E-state index contributed by atoms with van der Waals surface area (Å²) in [5.41, 5.74) is 1.84. The van der Waals surface area contributed by atoms with E-state index < -0.39 is 0 Å². The summed E-state index contributed by atoms with van der Waals surface area (Å²) in [6.45, 7) is 0. The fourth-order valence-corrected chi connectivity index (χ4v) is 3.69. The maximum atomic E-state index is 6.43. The van der Waals surface area contributed by atoms with E-state index in [0.29, 0.717) is 16.7 Å². The van der Waals surface area contributed by atoms with Crippen LogP contribution in [0, 0.1) is 0 Å². The van der Waals surface area contributed by atoms with Gasteiger partial charge in [0.2, 0.25) is 0 Å². The van der Waals surface area contributed by atoms with Gasteiger partial charge in [0.25, 0.3) is 5.78 Å². The molecule has 0 N–H and O–H groups in total. The number of benzene rings is 1. The minimum Gasteiger partial charge on any atom is -0.468 e. The molecule has 114 valence electrons. The zero-order valence-corrected chi connectivity index (χ0v) is 13.5. The van der Waals surface area contributed by atoms with E-state index in [4.69, 9.17) is 16.0 Å². The van der Waals surface area contributed by atoms with Crippen LogP contribution in [0.3, 0.4) is 0 Å². The van der Waals surface area contributed by atoms with E-state index in [1.165, 1.54) is 6.33 Å². The molecule has 3 aromatic heterocycles. The zero-order chi connectivity index (χ0) is 15.6. The highest BCUT2D eigenvalue weighted by Gasteiger charge is 2.18. The first-order valence-corrected chi connectivity index (χ1v) is 8.29. The number of aromatic nitrogens is 4. The van der Waals surface area contributed by atoms with Crippen LogP contribution >= 0.6 is 23.4 Å². The standard InChI is InChI=1S/C16H11ClN4OS/c17-14-13(11-5-2-1-3-6-11)15(21-16(20-14)18-10-19-21)23-9-12-7-4-8-22-12/h1-8,10H,9H2. The van der Waals surface area contributed by atoms with E-state index in [1.807, 2.05) is 42.5 Å². The number of halogens is 1. The smallest absolute Gasteiger partial charge is 0.254 e. The van der Waals surface area contributed by atoms with Gasteiger partial charge < -0.3 is 4.42 Å². The molecule has 4 aromatic rings. The average molecular weight is 343 g/mol. The molecule has 7 heteroatoms. The Kier molecular flexibility index (Phi) is 3.77. The number of hydrogen-bond acceptors (Lipinski definition) is 5. The summed E-state index contributed by atoms with van der Waals surface area (Å²) in [6, 6.07) is 13.7. The molecule has 1 aromatic carbocycles. The predicted molar refractivity (Wildman–Crippen MR) is 89.5 cm³/mol. The number of rotatable bonds is 4. The van der Waals surface area contributed by atoms with Crippen molar-refractivity contribution in [3.05, 3.63) is 66.0 Å². The number of furan rings is 1. The van der Waals surface area contributed by atoms with Crippen LogP contribution in [0.5, 0.6) is 0 Å². The number of hydrogen-bond donors (Lipinski definition) is 0. The van der Waals surface area contributed by atoms with Gasteiger partial charge in [-0.3, -0.25) is 0 Å². The van der Waals surface area contributed by atoms with E-state index in [-0.39, 0.29) is 0 Å². The number of fused-ring (bicyclic) bond motifs is 1. The van der Waals surface area contributed by atoms with Gasteiger partial charge in [-0.1, -0.05) is 53.7 Å². The first-order valence-electron chi connectivity index (χ1n) is 6.93. The summed E-state index contributed by atoms with van der Waals surface area (Å²) in [4.78, 5) is 8.48. The van der Waals surface area contributed by atoms with Gasteiger partial charge in [0, 0.05) is 0 Å². The Bertz CT molecular complexity index is 938. The van der Waals surface area contributed by atoms with Gasteiger partial charge in [0.1, 0.15) is 22.3 Å². The third-order valence-corrected chi connectivity index (χ3v) is 4.69. The topological polar surface area (TPSA) is 56.2 Å². The Morgan fingerprint density at radius 1 is 1.13 bits per heavy atom. The highest BCUT2D eigenvalue weighted by atomic mass is 35.5. The van der Waals surface area contributed by atoms with Crippen LogP contribution in [-0.2, 0) is 5.75 Å². The lowest BCUT2D eigenvalue weighted by atomic mass is 10.1. The van der Waals surface area contributed by atoms with Crippen LogP contribution in [0.15, 0.2) is 64.5 Å². The van der Waals surface area contributed by atoms with Gasteiger partial charge in [-0.25, -0.2) is 0 Å². The molecule has 3 heterocycles. The molecule has 0 unspecified atom stereocenters. The van der Waals surface area contributed by atoms with Gasteiger partial charge >= 0.3 is 0 Å². The van der Waals surface area contributed by atoms with Crippen molar-refractivity contribution in [3.8, 4) is 11.1 Å². The van der Waals surface area contributed by atoms with Crippen molar-refractivity contribution in [2.45, 2.75) is 10.8 Å². The Balaban J connectivity index is 1.86. The second-order valence-electron chi connectivity index (χ2n) is 4.79. The van der Waals surface area contributed by atoms with Crippen molar-refractivity contribution in [2.75, 3.05) is 0 Å². The molecule has 23 heavy (non-hydrogen) atoms. The van der Waals surface area contributed by atoms with E-state index in [2.05, 4.69) is 15.1 Å². The van der Waals surface area contributed by atoms with E-state index in [1.54, 1.807) is 22.5 Å². The number of nitrogens with zero attached hydrogens (tertiary/aromatic N) is 4. The largest absolute Gasteiger partial charge is 0.468 e. The molecule has 0 saturated carbocycles. The Morgan fingerprint density at radius 3 is 2.78 bits per heavy atom. The molecule has 5 nitrogen and oxygen atoms in total. The van der Waals surface area contributed by atoms with Gasteiger partial charge in [-0.15, -0.1) is 0 Å². The highest BCUT2D eigenvalue weighted by Crippen LogP contribution is 2.37. The van der Waals surface area contributed by atoms with Crippen LogP contribution in [0.2, 0.25) is 5.15 Å². The van der Waals surface area contributed by atoms with Crippen molar-refractivity contribution in [1.82, 2.24) is 19.6 Å². The molecular formula is C16H11ClN4OS. The highest BCUT2D eigenvalue weighted by molar-refractivity contribution is 7.98. The summed E-state index contributed by atoms with van der Waals surface area (Å²) < 4.78 is 7.12. The predicted octanol–water partition coefficient (Wildman–Crippen LogP) is 4.33. The van der Waals surface area contributed by atoms with Crippen LogP contribution in [-0.4, -0.2) is 19.6 Å². The monoisotopic (exact) mass is 342 g/mol. The summed E-state index contributed by atoms with van der Waals surface area (Å²) in [7, 11) is 0. The first kappa shape index (κ1) is 14.3. The quantitative estimate of drug-likeness (QED) is 0.408. The molecule has 0 aliphatic rings. The van der Waals surface area contributed by atoms with Crippen LogP contribution in [0.4, 0.5) is 0 Å². The molecule has 4 rings (SSSR count). The fraction of sp³-hybridized carbons (Fsp3) is 0.0625. The Hall–Kier alpha value is -2.31. The lowest BCUT2D eigenvalue weighted by Crippen LogP contribution is -2.00. The van der Waals surface area contributed by atoms with Crippen LogP contribution < -0.4 is 0 Å². The lowest BCUT2D eigenvalue weighted by molar-refractivity contribution is 0.530. The van der Waals surface area contributed by atoms with Gasteiger partial charge in [0.15, 0.2) is 0 Å². The summed E-state index contributed by atoms with van der Waals surface area (Å²) >= 11 is 8.02. The Labute approximate surface area is 141 Å². The summed E-state index contributed by atoms with van der Waals surface area (Å²) in [5, 5.41) is 5.58. The van der Waals surface area contributed by atoms with Crippen molar-refractivity contribution < 1.29 is 4.42 Å². The molecule has 0 aliphatic carbocycles. The van der Waals surface area contributed by atoms with Crippen molar-refractivity contribution in [3.63, 3.8) is 0 Å². The molecule has 0 atom stereocenters.